The third kappa shape index (κ3) is 3.14. The van der Waals surface area contributed by atoms with Crippen molar-refractivity contribution in [2.75, 3.05) is 14.1 Å². The van der Waals surface area contributed by atoms with E-state index in [0.717, 1.165) is 36.5 Å². The lowest BCUT2D eigenvalue weighted by Crippen LogP contribution is -2.15. The van der Waals surface area contributed by atoms with Crippen molar-refractivity contribution in [2.24, 2.45) is 0 Å². The van der Waals surface area contributed by atoms with Crippen molar-refractivity contribution < 1.29 is 0 Å². The third-order valence-electron chi connectivity index (χ3n) is 2.23. The molecule has 15 heavy (non-hydrogen) atoms. The van der Waals surface area contributed by atoms with E-state index in [1.54, 1.807) is 0 Å². The van der Waals surface area contributed by atoms with Crippen molar-refractivity contribution in [3.05, 3.63) is 22.2 Å². The van der Waals surface area contributed by atoms with Gasteiger partial charge in [0.25, 0.3) is 0 Å². The first-order valence-corrected chi connectivity index (χ1v) is 5.65. The highest BCUT2D eigenvalue weighted by atomic mass is 35.5. The summed E-state index contributed by atoms with van der Waals surface area (Å²) >= 11 is 6.13. The van der Waals surface area contributed by atoms with Crippen LogP contribution in [0.15, 0.2) is 0 Å². The molecule has 0 radical (unpaired) electrons. The van der Waals surface area contributed by atoms with E-state index in [1.165, 1.54) is 0 Å². The minimum absolute atomic E-state index is 0.612. The number of hydrogen-bond acceptors (Lipinski definition) is 3. The van der Waals surface area contributed by atoms with E-state index < -0.39 is 0 Å². The fraction of sp³-hybridized carbons (Fsp3) is 0.636. The summed E-state index contributed by atoms with van der Waals surface area (Å²) in [6.07, 6.45) is 1.80. The minimum Gasteiger partial charge on any atom is -0.302 e. The van der Waals surface area contributed by atoms with Gasteiger partial charge in [0.15, 0.2) is 0 Å². The minimum atomic E-state index is 0.612. The first kappa shape index (κ1) is 12.4. The van der Waals surface area contributed by atoms with Crippen LogP contribution in [0.2, 0.25) is 5.15 Å². The Hall–Kier alpha value is -0.670. The van der Waals surface area contributed by atoms with Crippen LogP contribution in [-0.2, 0) is 19.4 Å². The van der Waals surface area contributed by atoms with E-state index in [0.29, 0.717) is 5.15 Å². The van der Waals surface area contributed by atoms with Crippen molar-refractivity contribution in [3.63, 3.8) is 0 Å². The van der Waals surface area contributed by atoms with Gasteiger partial charge in [0, 0.05) is 11.3 Å². The molecule has 0 saturated heterocycles. The maximum Gasteiger partial charge on any atom is 0.144 e. The molecule has 0 fully saturated rings. The highest BCUT2D eigenvalue weighted by molar-refractivity contribution is 6.30. The van der Waals surface area contributed by atoms with Crippen LogP contribution in [0.5, 0.6) is 0 Å². The largest absolute Gasteiger partial charge is 0.302 e. The molecule has 0 aliphatic rings. The summed E-state index contributed by atoms with van der Waals surface area (Å²) in [6.45, 7) is 4.91. The molecule has 4 heteroatoms. The van der Waals surface area contributed by atoms with Crippen molar-refractivity contribution in [2.45, 2.75) is 33.2 Å². The number of hydrogen-bond donors (Lipinski definition) is 0. The molecule has 0 aromatic carbocycles. The number of aryl methyl sites for hydroxylation is 1. The van der Waals surface area contributed by atoms with E-state index in [2.05, 4.69) is 23.8 Å². The molecule has 84 valence electrons. The van der Waals surface area contributed by atoms with Crippen LogP contribution >= 0.6 is 11.6 Å². The van der Waals surface area contributed by atoms with Gasteiger partial charge in [0.2, 0.25) is 0 Å². The van der Waals surface area contributed by atoms with Crippen molar-refractivity contribution >= 4 is 11.6 Å². The molecule has 1 heterocycles. The molecule has 0 aliphatic carbocycles. The maximum atomic E-state index is 6.13. The molecule has 0 amide bonds. The fourth-order valence-electron chi connectivity index (χ4n) is 1.54. The summed E-state index contributed by atoms with van der Waals surface area (Å²) in [7, 11) is 3.99. The molecule has 1 aromatic rings. The third-order valence-corrected chi connectivity index (χ3v) is 2.55. The Morgan fingerprint density at radius 1 is 1.13 bits per heavy atom. The highest BCUT2D eigenvalue weighted by Crippen LogP contribution is 2.18. The summed E-state index contributed by atoms with van der Waals surface area (Å²) in [5, 5.41) is 0.612. The van der Waals surface area contributed by atoms with Gasteiger partial charge in [0.05, 0.1) is 6.54 Å². The quantitative estimate of drug-likeness (QED) is 0.740. The average Bonchev–Trinajstić information content (AvgIpc) is 2.15. The second-order valence-corrected chi connectivity index (χ2v) is 4.16. The predicted molar refractivity (Wildman–Crippen MR) is 63.2 cm³/mol. The monoisotopic (exact) mass is 227 g/mol. The molecule has 0 N–H and O–H groups in total. The van der Waals surface area contributed by atoms with E-state index in [9.17, 15) is 0 Å². The van der Waals surface area contributed by atoms with E-state index in [1.807, 2.05) is 19.0 Å². The summed E-state index contributed by atoms with van der Waals surface area (Å²) in [6, 6.07) is 0. The molecule has 0 saturated carbocycles. The number of nitrogens with zero attached hydrogens (tertiary/aromatic N) is 3. The zero-order chi connectivity index (χ0) is 11.4. The van der Waals surface area contributed by atoms with Gasteiger partial charge in [-0.3, -0.25) is 0 Å². The number of halogens is 1. The van der Waals surface area contributed by atoms with E-state index in [-0.39, 0.29) is 0 Å². The van der Waals surface area contributed by atoms with Gasteiger partial charge in [0.1, 0.15) is 11.0 Å². The molecule has 0 aliphatic heterocycles. The number of aromatic nitrogens is 2. The molecular weight excluding hydrogens is 210 g/mol. The Kier molecular flexibility index (Phi) is 4.48. The first-order chi connectivity index (χ1) is 7.08. The topological polar surface area (TPSA) is 29.0 Å². The molecular formula is C11H18ClN3. The molecule has 0 atom stereocenters. The molecule has 3 nitrogen and oxygen atoms in total. The summed E-state index contributed by atoms with van der Waals surface area (Å²) < 4.78 is 0. The Bertz CT molecular complexity index is 337. The van der Waals surface area contributed by atoms with Crippen LogP contribution in [0.4, 0.5) is 0 Å². The summed E-state index contributed by atoms with van der Waals surface area (Å²) in [5.74, 6) is 0.805. The van der Waals surface area contributed by atoms with Crippen LogP contribution in [0.25, 0.3) is 0 Å². The first-order valence-electron chi connectivity index (χ1n) is 5.27. The number of rotatable bonds is 4. The van der Waals surface area contributed by atoms with Gasteiger partial charge in [-0.05, 0) is 26.9 Å². The van der Waals surface area contributed by atoms with Crippen LogP contribution in [0, 0.1) is 0 Å². The van der Waals surface area contributed by atoms with Gasteiger partial charge in [-0.25, -0.2) is 9.97 Å². The molecule has 0 unspecified atom stereocenters. The Labute approximate surface area is 96.5 Å². The lowest BCUT2D eigenvalue weighted by atomic mass is 10.1. The van der Waals surface area contributed by atoms with Gasteiger partial charge in [-0.15, -0.1) is 0 Å². The van der Waals surface area contributed by atoms with Crippen LogP contribution in [-0.4, -0.2) is 29.0 Å². The Morgan fingerprint density at radius 2 is 1.80 bits per heavy atom. The molecule has 1 aromatic heterocycles. The SMILES string of the molecule is CCc1nc(CN(C)C)nc(Cl)c1CC. The van der Waals surface area contributed by atoms with Crippen molar-refractivity contribution in [1.82, 2.24) is 14.9 Å². The highest BCUT2D eigenvalue weighted by Gasteiger charge is 2.10. The van der Waals surface area contributed by atoms with Crippen LogP contribution in [0.3, 0.4) is 0 Å². The predicted octanol–water partition coefficient (Wildman–Crippen LogP) is 2.32. The second-order valence-electron chi connectivity index (χ2n) is 3.80. The lowest BCUT2D eigenvalue weighted by molar-refractivity contribution is 0.389. The summed E-state index contributed by atoms with van der Waals surface area (Å²) in [5.41, 5.74) is 2.16. The zero-order valence-electron chi connectivity index (χ0n) is 9.84. The van der Waals surface area contributed by atoms with E-state index >= 15 is 0 Å². The standard InChI is InChI=1S/C11H18ClN3/c1-5-8-9(6-2)13-10(7-15(3)4)14-11(8)12/h5-7H2,1-4H3. The Morgan fingerprint density at radius 3 is 2.27 bits per heavy atom. The van der Waals surface area contributed by atoms with Crippen LogP contribution < -0.4 is 0 Å². The lowest BCUT2D eigenvalue weighted by Gasteiger charge is -2.12. The molecule has 0 spiro atoms. The molecule has 0 bridgehead atoms. The fourth-order valence-corrected chi connectivity index (χ4v) is 1.88. The molecule has 1 rings (SSSR count). The Balaban J connectivity index is 3.08. The van der Waals surface area contributed by atoms with Crippen molar-refractivity contribution in [3.8, 4) is 0 Å². The average molecular weight is 228 g/mol. The second kappa shape index (κ2) is 5.42. The van der Waals surface area contributed by atoms with Gasteiger partial charge < -0.3 is 4.90 Å². The van der Waals surface area contributed by atoms with Crippen molar-refractivity contribution in [1.29, 1.82) is 0 Å². The zero-order valence-corrected chi connectivity index (χ0v) is 10.6. The van der Waals surface area contributed by atoms with Gasteiger partial charge >= 0.3 is 0 Å². The van der Waals surface area contributed by atoms with Gasteiger partial charge in [-0.2, -0.15) is 0 Å². The van der Waals surface area contributed by atoms with E-state index in [4.69, 9.17) is 11.6 Å². The smallest absolute Gasteiger partial charge is 0.144 e. The normalized spacial score (nSPS) is 11.1. The van der Waals surface area contributed by atoms with Crippen LogP contribution in [0.1, 0.15) is 30.9 Å². The summed E-state index contributed by atoms with van der Waals surface area (Å²) in [4.78, 5) is 10.9. The maximum absolute atomic E-state index is 6.13. The van der Waals surface area contributed by atoms with Gasteiger partial charge in [-0.1, -0.05) is 25.4 Å².